The van der Waals surface area contributed by atoms with Gasteiger partial charge in [-0.2, -0.15) is 14.9 Å². The fourth-order valence-electron chi connectivity index (χ4n) is 2.13. The molecule has 0 unspecified atom stereocenters. The molecule has 0 fully saturated rings. The first-order valence-electron chi connectivity index (χ1n) is 6.79. The van der Waals surface area contributed by atoms with Crippen LogP contribution in [0, 0.1) is 17.5 Å². The number of hydrogen-bond donors (Lipinski definition) is 1. The van der Waals surface area contributed by atoms with Crippen molar-refractivity contribution in [1.82, 2.24) is 14.9 Å². The van der Waals surface area contributed by atoms with Crippen LogP contribution in [-0.2, 0) is 0 Å². The van der Waals surface area contributed by atoms with E-state index >= 15 is 0 Å². The third-order valence-corrected chi connectivity index (χ3v) is 4.06. The maximum Gasteiger partial charge on any atom is 0.216 e. The van der Waals surface area contributed by atoms with Crippen molar-refractivity contribution in [3.63, 3.8) is 0 Å². The summed E-state index contributed by atoms with van der Waals surface area (Å²) in [5.41, 5.74) is 2.32. The second-order valence-electron chi connectivity index (χ2n) is 4.89. The average Bonchev–Trinajstić information content (AvgIpc) is 2.89. The molecule has 0 amide bonds. The Hall–Kier alpha value is -2.12. The number of nitrogens with zero attached hydrogens (tertiary/aromatic N) is 3. The fourth-order valence-corrected chi connectivity index (χ4v) is 2.69. The molecule has 0 atom stereocenters. The summed E-state index contributed by atoms with van der Waals surface area (Å²) in [5, 5.41) is 11.2. The Bertz CT molecular complexity index is 945. The number of H-pyrrole nitrogens is 1. The Kier molecular flexibility index (Phi) is 4.49. The smallest absolute Gasteiger partial charge is 0.216 e. The van der Waals surface area contributed by atoms with Crippen molar-refractivity contribution in [3.8, 4) is 11.4 Å². The standard InChI is InChI=1S/C16H12BrFN4S/c1-10-4-2-3-5-13(10)15-20-21-16(23)22(15)19-9-11-8-12(17)6-7-14(11)18/h2-9H,1H3,(H,21,23)/b19-9+. The fraction of sp³-hybridized carbons (Fsp3) is 0.0625. The minimum absolute atomic E-state index is 0.343. The van der Waals surface area contributed by atoms with Gasteiger partial charge in [0.25, 0.3) is 0 Å². The molecule has 2 aromatic carbocycles. The lowest BCUT2D eigenvalue weighted by Gasteiger charge is -2.04. The van der Waals surface area contributed by atoms with Gasteiger partial charge < -0.3 is 0 Å². The van der Waals surface area contributed by atoms with Crippen molar-refractivity contribution >= 4 is 34.4 Å². The number of halogens is 2. The molecule has 7 heteroatoms. The van der Waals surface area contributed by atoms with E-state index in [9.17, 15) is 4.39 Å². The molecule has 0 bridgehead atoms. The molecule has 0 spiro atoms. The van der Waals surface area contributed by atoms with Gasteiger partial charge in [0.15, 0.2) is 5.82 Å². The zero-order valence-electron chi connectivity index (χ0n) is 12.1. The van der Waals surface area contributed by atoms with Gasteiger partial charge in [-0.05, 0) is 42.9 Å². The highest BCUT2D eigenvalue weighted by Crippen LogP contribution is 2.21. The lowest BCUT2D eigenvalue weighted by Crippen LogP contribution is -1.97. The van der Waals surface area contributed by atoms with E-state index in [2.05, 4.69) is 31.2 Å². The van der Waals surface area contributed by atoms with Crippen LogP contribution in [0.5, 0.6) is 0 Å². The van der Waals surface area contributed by atoms with Gasteiger partial charge in [0, 0.05) is 15.6 Å². The summed E-state index contributed by atoms with van der Waals surface area (Å²) in [7, 11) is 0. The van der Waals surface area contributed by atoms with E-state index in [1.54, 1.807) is 12.1 Å². The number of benzene rings is 2. The minimum atomic E-state index is -0.357. The van der Waals surface area contributed by atoms with E-state index in [0.717, 1.165) is 15.6 Å². The molecule has 0 aliphatic carbocycles. The van der Waals surface area contributed by atoms with Gasteiger partial charge >= 0.3 is 0 Å². The number of aryl methyl sites for hydroxylation is 1. The SMILES string of the molecule is Cc1ccccc1-c1n[nH]c(=S)n1/N=C/c1cc(Br)ccc1F. The van der Waals surface area contributed by atoms with Crippen molar-refractivity contribution in [2.24, 2.45) is 5.10 Å². The Morgan fingerprint density at radius 3 is 2.87 bits per heavy atom. The number of aromatic amines is 1. The molecule has 3 rings (SSSR count). The van der Waals surface area contributed by atoms with Crippen LogP contribution in [-0.4, -0.2) is 21.1 Å². The van der Waals surface area contributed by atoms with Crippen LogP contribution in [0.4, 0.5) is 4.39 Å². The highest BCUT2D eigenvalue weighted by atomic mass is 79.9. The molecular weight excluding hydrogens is 379 g/mol. The van der Waals surface area contributed by atoms with Crippen LogP contribution in [0.1, 0.15) is 11.1 Å². The van der Waals surface area contributed by atoms with Crippen LogP contribution >= 0.6 is 28.1 Å². The van der Waals surface area contributed by atoms with Crippen LogP contribution in [0.15, 0.2) is 52.0 Å². The minimum Gasteiger partial charge on any atom is -0.250 e. The molecular formula is C16H12BrFN4S. The molecule has 23 heavy (non-hydrogen) atoms. The summed E-state index contributed by atoms with van der Waals surface area (Å²) in [6, 6.07) is 12.4. The number of hydrogen-bond acceptors (Lipinski definition) is 3. The number of aromatic nitrogens is 3. The summed E-state index contributed by atoms with van der Waals surface area (Å²) in [6.07, 6.45) is 1.42. The molecule has 3 aromatic rings. The maximum absolute atomic E-state index is 13.8. The van der Waals surface area contributed by atoms with Gasteiger partial charge in [-0.15, -0.1) is 0 Å². The molecule has 1 aromatic heterocycles. The van der Waals surface area contributed by atoms with E-state index in [0.29, 0.717) is 16.2 Å². The van der Waals surface area contributed by atoms with Gasteiger partial charge in [0.1, 0.15) is 5.82 Å². The molecule has 0 saturated heterocycles. The van der Waals surface area contributed by atoms with E-state index in [-0.39, 0.29) is 5.82 Å². The lowest BCUT2D eigenvalue weighted by molar-refractivity contribution is 0.625. The quantitative estimate of drug-likeness (QED) is 0.520. The second kappa shape index (κ2) is 6.55. The third kappa shape index (κ3) is 3.30. The number of rotatable bonds is 3. The van der Waals surface area contributed by atoms with E-state index < -0.39 is 0 Å². The molecule has 116 valence electrons. The molecule has 0 radical (unpaired) electrons. The predicted molar refractivity (Wildman–Crippen MR) is 94.7 cm³/mol. The first kappa shape index (κ1) is 15.8. The van der Waals surface area contributed by atoms with E-state index in [4.69, 9.17) is 12.2 Å². The van der Waals surface area contributed by atoms with Gasteiger partial charge in [-0.3, -0.25) is 0 Å². The Labute approximate surface area is 145 Å². The first-order chi connectivity index (χ1) is 11.1. The Morgan fingerprint density at radius 1 is 1.30 bits per heavy atom. The maximum atomic E-state index is 13.8. The van der Waals surface area contributed by atoms with Gasteiger partial charge in [-0.25, -0.2) is 9.49 Å². The summed E-state index contributed by atoms with van der Waals surface area (Å²) < 4.78 is 16.4. The summed E-state index contributed by atoms with van der Waals surface area (Å²) in [5.74, 6) is 0.226. The number of nitrogens with one attached hydrogen (secondary N) is 1. The first-order valence-corrected chi connectivity index (χ1v) is 7.99. The average molecular weight is 391 g/mol. The zero-order valence-corrected chi connectivity index (χ0v) is 14.5. The van der Waals surface area contributed by atoms with Crippen LogP contribution in [0.2, 0.25) is 0 Å². The Morgan fingerprint density at radius 2 is 2.09 bits per heavy atom. The van der Waals surface area contributed by atoms with E-state index in [1.807, 2.05) is 31.2 Å². The summed E-state index contributed by atoms with van der Waals surface area (Å²) >= 11 is 8.53. The lowest BCUT2D eigenvalue weighted by atomic mass is 10.1. The normalized spacial score (nSPS) is 11.3. The predicted octanol–water partition coefficient (Wildman–Crippen LogP) is 4.70. The summed E-state index contributed by atoms with van der Waals surface area (Å²) in [4.78, 5) is 0. The molecule has 0 saturated carbocycles. The van der Waals surface area contributed by atoms with Crippen molar-refractivity contribution in [2.75, 3.05) is 0 Å². The molecule has 4 nitrogen and oxygen atoms in total. The van der Waals surface area contributed by atoms with E-state index in [1.165, 1.54) is 17.0 Å². The molecule has 0 aliphatic heterocycles. The zero-order chi connectivity index (χ0) is 16.4. The van der Waals surface area contributed by atoms with Crippen LogP contribution < -0.4 is 0 Å². The highest BCUT2D eigenvalue weighted by molar-refractivity contribution is 9.10. The Balaban J connectivity index is 2.06. The van der Waals surface area contributed by atoms with Gasteiger partial charge in [0.2, 0.25) is 4.77 Å². The van der Waals surface area contributed by atoms with Crippen LogP contribution in [0.25, 0.3) is 11.4 Å². The van der Waals surface area contributed by atoms with Crippen molar-refractivity contribution < 1.29 is 4.39 Å². The largest absolute Gasteiger partial charge is 0.250 e. The van der Waals surface area contributed by atoms with Crippen molar-refractivity contribution in [1.29, 1.82) is 0 Å². The monoisotopic (exact) mass is 390 g/mol. The van der Waals surface area contributed by atoms with Crippen LogP contribution in [0.3, 0.4) is 0 Å². The van der Waals surface area contributed by atoms with Crippen molar-refractivity contribution in [2.45, 2.75) is 6.92 Å². The third-order valence-electron chi connectivity index (χ3n) is 3.31. The van der Waals surface area contributed by atoms with Gasteiger partial charge in [-0.1, -0.05) is 40.2 Å². The van der Waals surface area contributed by atoms with Crippen molar-refractivity contribution in [3.05, 3.63) is 68.7 Å². The highest BCUT2D eigenvalue weighted by Gasteiger charge is 2.10. The second-order valence-corrected chi connectivity index (χ2v) is 6.19. The molecule has 1 heterocycles. The topological polar surface area (TPSA) is 46.0 Å². The van der Waals surface area contributed by atoms with Gasteiger partial charge in [0.05, 0.1) is 6.21 Å². The molecule has 1 N–H and O–H groups in total. The summed E-state index contributed by atoms with van der Waals surface area (Å²) in [6.45, 7) is 1.98. The molecule has 0 aliphatic rings.